The fraction of sp³-hybridized carbons (Fsp3) is 0.778. The molecule has 0 amide bonds. The first-order valence-corrected chi connectivity index (χ1v) is 5.01. The minimum Gasteiger partial charge on any atom is -0.315 e. The summed E-state index contributed by atoms with van der Waals surface area (Å²) in [6.45, 7) is 3.13. The van der Waals surface area contributed by atoms with E-state index in [9.17, 15) is 0 Å². The normalized spacial score (nSPS) is 30.1. The monoisotopic (exact) mass is 198 g/mol. The summed E-state index contributed by atoms with van der Waals surface area (Å²) in [5.74, 6) is 0. The maximum atomic E-state index is 8.94. The first kappa shape index (κ1) is 9.92. The molecule has 0 spiro atoms. The lowest BCUT2D eigenvalue weighted by Gasteiger charge is -2.30. The molecule has 0 radical (unpaired) electrons. The van der Waals surface area contributed by atoms with Crippen LogP contribution in [-0.4, -0.2) is 60.0 Å². The Morgan fingerprint density at radius 3 is 2.93 bits per heavy atom. The second kappa shape index (κ2) is 3.86. The highest BCUT2D eigenvalue weighted by Gasteiger charge is 2.30. The van der Waals surface area contributed by atoms with Gasteiger partial charge in [0.05, 0.1) is 0 Å². The van der Waals surface area contributed by atoms with Crippen molar-refractivity contribution >= 4 is 0 Å². The zero-order chi connectivity index (χ0) is 10.1. The van der Waals surface area contributed by atoms with Crippen LogP contribution in [0.5, 0.6) is 0 Å². The van der Waals surface area contributed by atoms with Crippen molar-refractivity contribution in [3.8, 4) is 0 Å². The van der Waals surface area contributed by atoms with E-state index in [0.717, 1.165) is 26.1 Å². The van der Waals surface area contributed by atoms with Gasteiger partial charge in [0, 0.05) is 25.8 Å². The van der Waals surface area contributed by atoms with Gasteiger partial charge in [-0.3, -0.25) is 0 Å². The van der Waals surface area contributed by atoms with Gasteiger partial charge in [0.1, 0.15) is 6.17 Å². The average Bonchev–Trinajstić information content (AvgIpc) is 2.34. The van der Waals surface area contributed by atoms with Gasteiger partial charge in [-0.2, -0.15) is 5.48 Å². The smallest absolute Gasteiger partial charge is 0.121 e. The number of rotatable bonds is 1. The molecule has 5 nitrogen and oxygen atoms in total. The van der Waals surface area contributed by atoms with E-state index in [1.165, 1.54) is 5.70 Å². The molecule has 80 valence electrons. The molecule has 2 aliphatic rings. The van der Waals surface area contributed by atoms with Crippen LogP contribution < -0.4 is 5.48 Å². The summed E-state index contributed by atoms with van der Waals surface area (Å²) in [5, 5.41) is 13.2. The molecule has 2 heterocycles. The van der Waals surface area contributed by atoms with E-state index in [2.05, 4.69) is 28.5 Å². The molecule has 1 saturated heterocycles. The van der Waals surface area contributed by atoms with Crippen LogP contribution in [0.15, 0.2) is 11.8 Å². The molecule has 1 atom stereocenters. The topological polar surface area (TPSA) is 42.0 Å². The zero-order valence-electron chi connectivity index (χ0n) is 8.77. The Morgan fingerprint density at radius 1 is 1.43 bits per heavy atom. The predicted molar refractivity (Wildman–Crippen MR) is 53.4 cm³/mol. The molecular weight excluding hydrogens is 180 g/mol. The Hall–Kier alpha value is -0.620. The van der Waals surface area contributed by atoms with Crippen LogP contribution in [0.25, 0.3) is 0 Å². The Morgan fingerprint density at radius 2 is 2.21 bits per heavy atom. The van der Waals surface area contributed by atoms with Gasteiger partial charge >= 0.3 is 0 Å². The number of likely N-dealkylation sites (N-methyl/N-ethyl adjacent to an activating group) is 2. The highest BCUT2D eigenvalue weighted by atomic mass is 16.5. The van der Waals surface area contributed by atoms with Crippen molar-refractivity contribution in [3.05, 3.63) is 11.8 Å². The second-order valence-electron chi connectivity index (χ2n) is 4.02. The first-order valence-electron chi connectivity index (χ1n) is 5.01. The molecule has 2 N–H and O–H groups in total. The molecule has 0 aromatic carbocycles. The number of hydrogen-bond donors (Lipinski definition) is 2. The highest BCUT2D eigenvalue weighted by Crippen LogP contribution is 2.22. The molecule has 2 aliphatic heterocycles. The second-order valence-corrected chi connectivity index (χ2v) is 4.02. The van der Waals surface area contributed by atoms with Crippen molar-refractivity contribution in [3.63, 3.8) is 0 Å². The lowest BCUT2D eigenvalue weighted by molar-refractivity contribution is -0.0248. The number of fused-ring (bicyclic) bond motifs is 1. The summed E-state index contributed by atoms with van der Waals surface area (Å²) >= 11 is 0. The van der Waals surface area contributed by atoms with Crippen LogP contribution in [0.4, 0.5) is 0 Å². The van der Waals surface area contributed by atoms with Gasteiger partial charge in [-0.15, -0.1) is 0 Å². The van der Waals surface area contributed by atoms with Crippen molar-refractivity contribution in [2.45, 2.75) is 12.6 Å². The molecule has 0 aromatic rings. The first-order chi connectivity index (χ1) is 6.72. The molecular formula is C9H18N4O. The summed E-state index contributed by atoms with van der Waals surface area (Å²) in [4.78, 5) is 2.30. The summed E-state index contributed by atoms with van der Waals surface area (Å²) in [6, 6.07) is 0. The van der Waals surface area contributed by atoms with Crippen LogP contribution in [0, 0.1) is 0 Å². The van der Waals surface area contributed by atoms with Crippen LogP contribution in [-0.2, 0) is 0 Å². The lowest BCUT2D eigenvalue weighted by atomic mass is 10.3. The molecule has 0 saturated carbocycles. The van der Waals surface area contributed by atoms with Crippen molar-refractivity contribution in [1.82, 2.24) is 20.4 Å². The predicted octanol–water partition coefficient (Wildman–Crippen LogP) is -0.327. The fourth-order valence-corrected chi connectivity index (χ4v) is 2.13. The standard InChI is InChI=1S/C9H18N4O/c1-11-4-3-5-13-8(7-11)6-9(10-14)12(13)2/h6,9-10,14H,3-5,7H2,1-2H3. The average molecular weight is 198 g/mol. The van der Waals surface area contributed by atoms with Crippen LogP contribution in [0.3, 0.4) is 0 Å². The van der Waals surface area contributed by atoms with E-state index >= 15 is 0 Å². The Kier molecular flexibility index (Phi) is 2.73. The third-order valence-corrected chi connectivity index (χ3v) is 2.94. The Balaban J connectivity index is 2.14. The third kappa shape index (κ3) is 1.64. The summed E-state index contributed by atoms with van der Waals surface area (Å²) in [6.07, 6.45) is 3.16. The number of nitrogens with one attached hydrogen (secondary N) is 1. The van der Waals surface area contributed by atoms with Gasteiger partial charge in [0.15, 0.2) is 0 Å². The van der Waals surface area contributed by atoms with Crippen LogP contribution in [0.2, 0.25) is 0 Å². The zero-order valence-corrected chi connectivity index (χ0v) is 8.77. The van der Waals surface area contributed by atoms with E-state index in [1.54, 1.807) is 0 Å². The van der Waals surface area contributed by atoms with Gasteiger partial charge in [-0.05, 0) is 26.1 Å². The highest BCUT2D eigenvalue weighted by molar-refractivity contribution is 5.13. The number of nitrogens with zero attached hydrogens (tertiary/aromatic N) is 3. The van der Waals surface area contributed by atoms with Crippen molar-refractivity contribution in [2.75, 3.05) is 33.7 Å². The van der Waals surface area contributed by atoms with Crippen LogP contribution in [0.1, 0.15) is 6.42 Å². The minimum atomic E-state index is -0.0727. The van der Waals surface area contributed by atoms with E-state index in [0.29, 0.717) is 0 Å². The summed E-state index contributed by atoms with van der Waals surface area (Å²) < 4.78 is 0. The maximum Gasteiger partial charge on any atom is 0.121 e. The number of hydrogen-bond acceptors (Lipinski definition) is 5. The van der Waals surface area contributed by atoms with Gasteiger partial charge in [-0.1, -0.05) is 0 Å². The molecule has 14 heavy (non-hydrogen) atoms. The largest absolute Gasteiger partial charge is 0.315 e. The minimum absolute atomic E-state index is 0.0727. The van der Waals surface area contributed by atoms with E-state index in [-0.39, 0.29) is 6.17 Å². The quantitative estimate of drug-likeness (QED) is 0.565. The van der Waals surface area contributed by atoms with E-state index < -0.39 is 0 Å². The lowest BCUT2D eigenvalue weighted by Crippen LogP contribution is -2.45. The van der Waals surface area contributed by atoms with Crippen molar-refractivity contribution < 1.29 is 5.21 Å². The van der Waals surface area contributed by atoms with Gasteiger partial charge in [0.2, 0.25) is 0 Å². The van der Waals surface area contributed by atoms with E-state index in [4.69, 9.17) is 5.21 Å². The van der Waals surface area contributed by atoms with Gasteiger partial charge < -0.3 is 15.1 Å². The van der Waals surface area contributed by atoms with Crippen molar-refractivity contribution in [2.24, 2.45) is 0 Å². The molecule has 0 bridgehead atoms. The molecule has 2 rings (SSSR count). The maximum absolute atomic E-state index is 8.94. The van der Waals surface area contributed by atoms with E-state index in [1.807, 2.05) is 12.1 Å². The molecule has 1 unspecified atom stereocenters. The molecule has 1 fully saturated rings. The summed E-state index contributed by atoms with van der Waals surface area (Å²) in [5.41, 5.74) is 3.57. The van der Waals surface area contributed by atoms with Gasteiger partial charge in [-0.25, -0.2) is 5.01 Å². The third-order valence-electron chi connectivity index (χ3n) is 2.94. The molecule has 0 aromatic heterocycles. The SMILES string of the molecule is CN1CCCN2C(=CC(NO)N2C)C1. The Bertz CT molecular complexity index is 243. The summed E-state index contributed by atoms with van der Waals surface area (Å²) in [7, 11) is 4.12. The van der Waals surface area contributed by atoms with Crippen molar-refractivity contribution in [1.29, 1.82) is 0 Å². The van der Waals surface area contributed by atoms with Crippen LogP contribution >= 0.6 is 0 Å². The molecule has 0 aliphatic carbocycles. The fourth-order valence-electron chi connectivity index (χ4n) is 2.13. The number of hydrazine groups is 1. The Labute approximate surface area is 84.5 Å². The molecule has 5 heteroatoms. The number of hydroxylamine groups is 1. The van der Waals surface area contributed by atoms with Gasteiger partial charge in [0.25, 0.3) is 0 Å².